The van der Waals surface area contributed by atoms with Crippen LogP contribution in [0.2, 0.25) is 0 Å². The zero-order valence-electron chi connectivity index (χ0n) is 21.6. The van der Waals surface area contributed by atoms with Gasteiger partial charge < -0.3 is 22.9 Å². The van der Waals surface area contributed by atoms with Gasteiger partial charge in [0.25, 0.3) is 0 Å². The van der Waals surface area contributed by atoms with E-state index in [9.17, 15) is 0 Å². The quantitative estimate of drug-likeness (QED) is 0.380. The molecule has 8 bridgehead atoms. The lowest BCUT2D eigenvalue weighted by Crippen LogP contribution is -2.66. The smallest absolute Gasteiger partial charge is 0.0550 e. The average molecular weight is 483 g/mol. The number of nitrogen functional groups attached to an aromatic ring is 4. The summed E-state index contributed by atoms with van der Waals surface area (Å²) in [6.45, 7) is 0. The van der Waals surface area contributed by atoms with Gasteiger partial charge in [0, 0.05) is 0 Å². The molecule has 0 aromatic heterocycles. The summed E-state index contributed by atoms with van der Waals surface area (Å²) >= 11 is 0. The third-order valence-corrected chi connectivity index (χ3v) is 12.6. The molecule has 8 aliphatic carbocycles. The van der Waals surface area contributed by atoms with E-state index in [0.29, 0.717) is 21.7 Å². The van der Waals surface area contributed by atoms with Crippen LogP contribution in [0.15, 0.2) is 36.4 Å². The minimum atomic E-state index is 0.300. The third kappa shape index (κ3) is 2.71. The van der Waals surface area contributed by atoms with Crippen molar-refractivity contribution in [2.75, 3.05) is 22.9 Å². The lowest BCUT2D eigenvalue weighted by Gasteiger charge is -2.74. The number of benzene rings is 2. The van der Waals surface area contributed by atoms with Crippen molar-refractivity contribution in [3.8, 4) is 0 Å². The van der Waals surface area contributed by atoms with E-state index in [1.807, 2.05) is 0 Å². The Balaban J connectivity index is 1.23. The highest BCUT2D eigenvalue weighted by Gasteiger charge is 2.70. The van der Waals surface area contributed by atoms with Crippen LogP contribution in [0.3, 0.4) is 0 Å². The Morgan fingerprint density at radius 3 is 1.17 bits per heavy atom. The maximum atomic E-state index is 6.38. The first-order chi connectivity index (χ1) is 17.2. The second-order valence-corrected chi connectivity index (χ2v) is 14.7. The summed E-state index contributed by atoms with van der Waals surface area (Å²) in [5, 5.41) is 0. The molecule has 0 aliphatic heterocycles. The van der Waals surface area contributed by atoms with Crippen molar-refractivity contribution in [3.63, 3.8) is 0 Å². The number of hydrogen-bond acceptors (Lipinski definition) is 4. The van der Waals surface area contributed by atoms with Gasteiger partial charge in [0.05, 0.1) is 22.7 Å². The molecule has 4 atom stereocenters. The molecule has 4 heteroatoms. The van der Waals surface area contributed by atoms with E-state index >= 15 is 0 Å². The zero-order valence-corrected chi connectivity index (χ0v) is 21.6. The Morgan fingerprint density at radius 2 is 0.833 bits per heavy atom. The first kappa shape index (κ1) is 21.7. The summed E-state index contributed by atoms with van der Waals surface area (Å²) in [4.78, 5) is 0. The molecule has 0 heterocycles. The normalized spacial score (nSPS) is 45.9. The molecule has 8 fully saturated rings. The second-order valence-electron chi connectivity index (χ2n) is 14.7. The van der Waals surface area contributed by atoms with Gasteiger partial charge >= 0.3 is 0 Å². The fourth-order valence-electron chi connectivity index (χ4n) is 12.3. The number of nitrogens with two attached hydrogens (primary N) is 4. The lowest BCUT2D eigenvalue weighted by molar-refractivity contribution is -0.212. The van der Waals surface area contributed by atoms with Gasteiger partial charge in [0.15, 0.2) is 0 Å². The predicted octanol–water partition coefficient (Wildman–Crippen LogP) is 6.39. The Labute approximate surface area is 215 Å². The minimum Gasteiger partial charge on any atom is -0.397 e. The molecule has 8 saturated carbocycles. The molecule has 10 rings (SSSR count). The molecule has 4 unspecified atom stereocenters. The number of rotatable bonds is 3. The maximum absolute atomic E-state index is 6.38. The molecule has 36 heavy (non-hydrogen) atoms. The van der Waals surface area contributed by atoms with Gasteiger partial charge in [0.2, 0.25) is 0 Å². The fourth-order valence-corrected chi connectivity index (χ4v) is 12.3. The van der Waals surface area contributed by atoms with Crippen molar-refractivity contribution in [1.29, 1.82) is 0 Å². The Morgan fingerprint density at radius 1 is 0.472 bits per heavy atom. The van der Waals surface area contributed by atoms with E-state index < -0.39 is 0 Å². The maximum Gasteiger partial charge on any atom is 0.0550 e. The highest BCUT2D eigenvalue weighted by Crippen LogP contribution is 2.78. The molecule has 2 aromatic carbocycles. The van der Waals surface area contributed by atoms with Crippen molar-refractivity contribution < 1.29 is 0 Å². The van der Waals surface area contributed by atoms with Crippen LogP contribution in [-0.4, -0.2) is 0 Å². The monoisotopic (exact) mass is 482 g/mol. The van der Waals surface area contributed by atoms with Gasteiger partial charge in [-0.25, -0.2) is 0 Å². The molecule has 0 spiro atoms. The van der Waals surface area contributed by atoms with Crippen LogP contribution in [0.25, 0.3) is 0 Å². The highest BCUT2D eigenvalue weighted by molar-refractivity contribution is 5.65. The van der Waals surface area contributed by atoms with Crippen LogP contribution >= 0.6 is 0 Å². The molecule has 190 valence electrons. The van der Waals surface area contributed by atoms with Gasteiger partial charge in [-0.1, -0.05) is 12.1 Å². The largest absolute Gasteiger partial charge is 0.397 e. The summed E-state index contributed by atoms with van der Waals surface area (Å²) in [6.07, 6.45) is 17.0. The first-order valence-electron chi connectivity index (χ1n) is 14.5. The molecule has 0 radical (unpaired) electrons. The standard InChI is InChI=1S/C32H42N4/c33-25-3-1-23(7-27(25)35)29-9-19-5-20(10-29)14-31(13-19,17-29)32-15-21-6-22(16-32)12-30(11-21,18-32)24-2-4-26(34)28(36)8-24/h1-4,7-8,19-22H,5-6,9-18,33-36H2. The predicted molar refractivity (Wildman–Crippen MR) is 148 cm³/mol. The molecular formula is C32H42N4. The molecule has 0 amide bonds. The molecule has 8 aliphatic rings. The first-order valence-corrected chi connectivity index (χ1v) is 14.5. The highest BCUT2D eigenvalue weighted by atomic mass is 14.8. The molecule has 2 aromatic rings. The van der Waals surface area contributed by atoms with Crippen LogP contribution in [0.1, 0.15) is 88.2 Å². The van der Waals surface area contributed by atoms with Gasteiger partial charge in [-0.2, -0.15) is 0 Å². The van der Waals surface area contributed by atoms with Gasteiger partial charge in [-0.15, -0.1) is 0 Å². The van der Waals surface area contributed by atoms with Crippen molar-refractivity contribution >= 4 is 22.7 Å². The van der Waals surface area contributed by atoms with Crippen molar-refractivity contribution in [2.45, 2.75) is 87.9 Å². The van der Waals surface area contributed by atoms with E-state index in [2.05, 4.69) is 36.4 Å². The average Bonchev–Trinajstić information content (AvgIpc) is 2.81. The van der Waals surface area contributed by atoms with Crippen LogP contribution in [-0.2, 0) is 10.8 Å². The molecular weight excluding hydrogens is 440 g/mol. The van der Waals surface area contributed by atoms with Gasteiger partial charge in [0.1, 0.15) is 0 Å². The summed E-state index contributed by atoms with van der Waals surface area (Å²) in [7, 11) is 0. The van der Waals surface area contributed by atoms with E-state index in [1.165, 1.54) is 88.2 Å². The van der Waals surface area contributed by atoms with Crippen molar-refractivity contribution in [2.24, 2.45) is 34.5 Å². The van der Waals surface area contributed by atoms with Crippen LogP contribution in [0, 0.1) is 34.5 Å². The van der Waals surface area contributed by atoms with E-state index in [1.54, 1.807) is 0 Å². The van der Waals surface area contributed by atoms with E-state index in [-0.39, 0.29) is 0 Å². The van der Waals surface area contributed by atoms with E-state index in [0.717, 1.165) is 46.4 Å². The minimum absolute atomic E-state index is 0.300. The topological polar surface area (TPSA) is 104 Å². The van der Waals surface area contributed by atoms with Crippen LogP contribution in [0.5, 0.6) is 0 Å². The zero-order chi connectivity index (χ0) is 24.5. The molecule has 4 nitrogen and oxygen atoms in total. The van der Waals surface area contributed by atoms with Crippen molar-refractivity contribution in [3.05, 3.63) is 47.5 Å². The number of anilines is 4. The van der Waals surface area contributed by atoms with Gasteiger partial charge in [-0.3, -0.25) is 0 Å². The summed E-state index contributed by atoms with van der Waals surface area (Å²) in [5.41, 5.74) is 32.6. The van der Waals surface area contributed by atoms with E-state index in [4.69, 9.17) is 22.9 Å². The van der Waals surface area contributed by atoms with Gasteiger partial charge in [-0.05, 0) is 158 Å². The SMILES string of the molecule is Nc1ccc(C23CC4CC(C2)CC(C25CC6CC(CC(c7ccc(N)c(N)c7)(C6)C2)C5)(C4)C3)cc1N. The van der Waals surface area contributed by atoms with Crippen LogP contribution < -0.4 is 22.9 Å². The Bertz CT molecular complexity index is 1140. The van der Waals surface area contributed by atoms with Crippen LogP contribution in [0.4, 0.5) is 22.7 Å². The second kappa shape index (κ2) is 6.74. The fraction of sp³-hybridized carbons (Fsp3) is 0.625. The summed E-state index contributed by atoms with van der Waals surface area (Å²) in [5.74, 6) is 3.50. The summed E-state index contributed by atoms with van der Waals surface area (Å²) in [6, 6.07) is 13.3. The Hall–Kier alpha value is -2.36. The number of hydrogen-bond donors (Lipinski definition) is 4. The summed E-state index contributed by atoms with van der Waals surface area (Å²) < 4.78 is 0. The molecule has 8 N–H and O–H groups in total. The third-order valence-electron chi connectivity index (χ3n) is 12.6. The van der Waals surface area contributed by atoms with Crippen molar-refractivity contribution in [1.82, 2.24) is 0 Å². The Kier molecular flexibility index (Phi) is 4.06. The lowest BCUT2D eigenvalue weighted by atomic mass is 9.30. The molecule has 0 saturated heterocycles.